The summed E-state index contributed by atoms with van der Waals surface area (Å²) >= 11 is 18.7. The molecule has 2 heterocycles. The highest BCUT2D eigenvalue weighted by Crippen LogP contribution is 2.32. The van der Waals surface area contributed by atoms with Crippen LogP contribution in [0.15, 0.2) is 53.6 Å². The zero-order valence-corrected chi connectivity index (χ0v) is 17.2. The maximum atomic E-state index is 11.9. The number of benzene rings is 1. The molecule has 1 N–H and O–H groups in total. The first-order valence-electron chi connectivity index (χ1n) is 8.07. The molecule has 9 heteroatoms. The number of allylic oxidation sites excluding steroid dienone is 1. The molecule has 6 nitrogen and oxygen atoms in total. The van der Waals surface area contributed by atoms with Crippen LogP contribution in [-0.4, -0.2) is 35.8 Å². The summed E-state index contributed by atoms with van der Waals surface area (Å²) in [5.41, 5.74) is 2.04. The molecule has 0 atom stereocenters. The Labute approximate surface area is 177 Å². The molecule has 0 fully saturated rings. The minimum atomic E-state index is -0.512. The molecule has 1 aliphatic heterocycles. The van der Waals surface area contributed by atoms with Crippen molar-refractivity contribution in [3.8, 4) is 5.75 Å². The lowest BCUT2D eigenvalue weighted by atomic mass is 10.0. The molecule has 1 aliphatic rings. The number of nitrogens with zero attached hydrogens (tertiary/aromatic N) is 3. The molecule has 0 saturated carbocycles. The number of carbonyl (C=O) groups excluding carboxylic acids is 1. The van der Waals surface area contributed by atoms with Crippen molar-refractivity contribution in [1.29, 1.82) is 0 Å². The van der Waals surface area contributed by atoms with Crippen LogP contribution in [0.1, 0.15) is 11.3 Å². The number of aromatic nitrogens is 1. The molecular weight excluding hydrogens is 423 g/mol. The molecule has 2 aromatic rings. The topological polar surface area (TPSA) is 66.8 Å². The molecule has 1 aromatic heterocycles. The largest absolute Gasteiger partial charge is 0.414 e. The SMILES string of the molecule is CN(C)C(=O)Oc1cccnc1C=C1NC=CN=C1c1c(Cl)cc(Cl)cc1Cl. The van der Waals surface area contributed by atoms with Crippen molar-refractivity contribution in [2.75, 3.05) is 14.1 Å². The third-order valence-electron chi connectivity index (χ3n) is 3.66. The van der Waals surface area contributed by atoms with Crippen LogP contribution in [0, 0.1) is 0 Å². The third-order valence-corrected chi connectivity index (χ3v) is 4.47. The second-order valence-electron chi connectivity index (χ2n) is 5.89. The highest BCUT2D eigenvalue weighted by molar-refractivity contribution is 6.43. The van der Waals surface area contributed by atoms with Crippen LogP contribution in [0.25, 0.3) is 6.08 Å². The van der Waals surface area contributed by atoms with Gasteiger partial charge in [0.15, 0.2) is 5.75 Å². The molecule has 0 unspecified atom stereocenters. The van der Waals surface area contributed by atoms with Crippen LogP contribution >= 0.6 is 34.8 Å². The van der Waals surface area contributed by atoms with Crippen molar-refractivity contribution in [2.24, 2.45) is 4.99 Å². The van der Waals surface area contributed by atoms with Gasteiger partial charge in [0.25, 0.3) is 0 Å². The number of halogens is 3. The number of carbonyl (C=O) groups is 1. The Morgan fingerprint density at radius 1 is 1.21 bits per heavy atom. The average Bonchev–Trinajstić information content (AvgIpc) is 2.63. The monoisotopic (exact) mass is 436 g/mol. The van der Waals surface area contributed by atoms with E-state index in [1.165, 1.54) is 4.90 Å². The molecule has 1 aromatic carbocycles. The minimum Gasteiger partial charge on any atom is -0.408 e. The summed E-state index contributed by atoms with van der Waals surface area (Å²) in [6, 6.07) is 6.51. The lowest BCUT2D eigenvalue weighted by Crippen LogP contribution is -2.25. The highest BCUT2D eigenvalue weighted by atomic mass is 35.5. The number of amides is 1. The van der Waals surface area contributed by atoms with E-state index in [1.54, 1.807) is 63.0 Å². The lowest BCUT2D eigenvalue weighted by Gasteiger charge is -2.17. The first kappa shape index (κ1) is 20.2. The Morgan fingerprint density at radius 3 is 2.61 bits per heavy atom. The third kappa shape index (κ3) is 4.47. The molecule has 0 saturated heterocycles. The Bertz CT molecular complexity index is 993. The normalized spacial score (nSPS) is 14.5. The van der Waals surface area contributed by atoms with Gasteiger partial charge < -0.3 is 15.0 Å². The Kier molecular flexibility index (Phi) is 6.24. The molecule has 3 rings (SSSR count). The van der Waals surface area contributed by atoms with Gasteiger partial charge in [-0.1, -0.05) is 34.8 Å². The molecule has 144 valence electrons. The number of ether oxygens (including phenoxy) is 1. The lowest BCUT2D eigenvalue weighted by molar-refractivity contribution is 0.171. The van der Waals surface area contributed by atoms with Crippen molar-refractivity contribution in [3.05, 3.63) is 74.9 Å². The average molecular weight is 438 g/mol. The standard InChI is InChI=1S/C19H15Cl3N4O2/c1-26(2)19(27)28-16-4-3-5-23-14(16)10-15-18(25-7-6-24-15)17-12(21)8-11(20)9-13(17)22/h3-10,24H,1-2H3. The van der Waals surface area contributed by atoms with Gasteiger partial charge in [0.1, 0.15) is 5.69 Å². The maximum Gasteiger partial charge on any atom is 0.414 e. The zero-order chi connectivity index (χ0) is 20.3. The van der Waals surface area contributed by atoms with Gasteiger partial charge in [-0.25, -0.2) is 4.79 Å². The van der Waals surface area contributed by atoms with E-state index < -0.39 is 6.09 Å². The number of rotatable bonds is 3. The van der Waals surface area contributed by atoms with Gasteiger partial charge >= 0.3 is 6.09 Å². The second-order valence-corrected chi connectivity index (χ2v) is 7.14. The van der Waals surface area contributed by atoms with Crippen molar-refractivity contribution in [2.45, 2.75) is 0 Å². The van der Waals surface area contributed by atoms with Crippen LogP contribution in [-0.2, 0) is 0 Å². The van der Waals surface area contributed by atoms with Crippen LogP contribution in [0.2, 0.25) is 15.1 Å². The summed E-state index contributed by atoms with van der Waals surface area (Å²) in [5.74, 6) is 0.303. The molecule has 0 aliphatic carbocycles. The smallest absolute Gasteiger partial charge is 0.408 e. The number of aliphatic imine (C=N–C) groups is 1. The van der Waals surface area contributed by atoms with Crippen LogP contribution < -0.4 is 10.1 Å². The summed E-state index contributed by atoms with van der Waals surface area (Å²) in [6.45, 7) is 0. The van der Waals surface area contributed by atoms with E-state index in [-0.39, 0.29) is 0 Å². The maximum absolute atomic E-state index is 11.9. The van der Waals surface area contributed by atoms with E-state index in [0.717, 1.165) is 0 Å². The second kappa shape index (κ2) is 8.65. The van der Waals surface area contributed by atoms with E-state index in [2.05, 4.69) is 15.3 Å². The van der Waals surface area contributed by atoms with Gasteiger partial charge in [-0.05, 0) is 30.3 Å². The molecule has 0 bridgehead atoms. The van der Waals surface area contributed by atoms with Crippen LogP contribution in [0.4, 0.5) is 4.79 Å². The van der Waals surface area contributed by atoms with Gasteiger partial charge in [0.2, 0.25) is 0 Å². The summed E-state index contributed by atoms with van der Waals surface area (Å²) in [7, 11) is 3.19. The Hall–Kier alpha value is -2.54. The summed E-state index contributed by atoms with van der Waals surface area (Å²) in [6.07, 6.45) is 6.02. The van der Waals surface area contributed by atoms with E-state index in [0.29, 0.717) is 43.5 Å². The first-order valence-corrected chi connectivity index (χ1v) is 9.20. The number of nitrogens with one attached hydrogen (secondary N) is 1. The van der Waals surface area contributed by atoms with E-state index in [9.17, 15) is 4.79 Å². The summed E-state index contributed by atoms with van der Waals surface area (Å²) in [5, 5.41) is 4.24. The minimum absolute atomic E-state index is 0.303. The first-order chi connectivity index (χ1) is 13.4. The van der Waals surface area contributed by atoms with Gasteiger partial charge in [-0.15, -0.1) is 0 Å². The predicted octanol–water partition coefficient (Wildman–Crippen LogP) is 5.01. The highest BCUT2D eigenvalue weighted by Gasteiger charge is 2.20. The van der Waals surface area contributed by atoms with Crippen molar-refractivity contribution < 1.29 is 9.53 Å². The fourth-order valence-corrected chi connectivity index (χ4v) is 3.37. The quantitative estimate of drug-likeness (QED) is 0.733. The number of hydrogen-bond donors (Lipinski definition) is 1. The Balaban J connectivity index is 2.05. The van der Waals surface area contributed by atoms with E-state index in [1.807, 2.05) is 0 Å². The van der Waals surface area contributed by atoms with Crippen molar-refractivity contribution in [1.82, 2.24) is 15.2 Å². The molecule has 1 amide bonds. The zero-order valence-electron chi connectivity index (χ0n) is 14.9. The van der Waals surface area contributed by atoms with Crippen LogP contribution in [0.3, 0.4) is 0 Å². The molecule has 28 heavy (non-hydrogen) atoms. The number of pyridine rings is 1. The number of hydrogen-bond acceptors (Lipinski definition) is 5. The van der Waals surface area contributed by atoms with E-state index in [4.69, 9.17) is 39.5 Å². The van der Waals surface area contributed by atoms with E-state index >= 15 is 0 Å². The molecular formula is C19H15Cl3N4O2. The van der Waals surface area contributed by atoms with Gasteiger partial charge in [0, 0.05) is 43.3 Å². The molecule has 0 spiro atoms. The fourth-order valence-electron chi connectivity index (χ4n) is 2.37. The summed E-state index contributed by atoms with van der Waals surface area (Å²) in [4.78, 5) is 21.9. The van der Waals surface area contributed by atoms with Crippen molar-refractivity contribution in [3.63, 3.8) is 0 Å². The van der Waals surface area contributed by atoms with Gasteiger partial charge in [0.05, 0.1) is 21.5 Å². The Morgan fingerprint density at radius 2 is 1.93 bits per heavy atom. The van der Waals surface area contributed by atoms with Gasteiger partial charge in [-0.3, -0.25) is 9.98 Å². The predicted molar refractivity (Wildman–Crippen MR) is 112 cm³/mol. The van der Waals surface area contributed by atoms with Gasteiger partial charge in [-0.2, -0.15) is 0 Å². The van der Waals surface area contributed by atoms with Crippen LogP contribution in [0.5, 0.6) is 5.75 Å². The van der Waals surface area contributed by atoms with Crippen molar-refractivity contribution >= 4 is 52.7 Å². The fraction of sp³-hybridized carbons (Fsp3) is 0.105. The summed E-state index contributed by atoms with van der Waals surface area (Å²) < 4.78 is 5.38. The molecule has 0 radical (unpaired) electrons.